The van der Waals surface area contributed by atoms with Crippen LogP contribution in [0.15, 0.2) is 29.3 Å². The molecule has 3 rings (SSSR count). The molecule has 2 fully saturated rings. The Hall–Kier alpha value is -1.63. The van der Waals surface area contributed by atoms with E-state index in [-0.39, 0.29) is 11.5 Å². The topological polar surface area (TPSA) is 64.1 Å². The number of hydrogen-bond donors (Lipinski definition) is 2. The van der Waals surface area contributed by atoms with Crippen molar-refractivity contribution < 1.29 is 14.2 Å². The lowest BCUT2D eigenvalue weighted by atomic mass is 9.72. The molecule has 0 saturated carbocycles. The molecule has 0 amide bonds. The molecular formula is C22H35N3O3. The van der Waals surface area contributed by atoms with Gasteiger partial charge in [0.1, 0.15) is 0 Å². The Labute approximate surface area is 169 Å². The molecule has 2 N–H and O–H groups in total. The lowest BCUT2D eigenvalue weighted by Gasteiger charge is -2.39. The standard InChI is InChI=1S/C22H35N3O3/c1-18-6-3-4-7-20(18)22(9-14-26-15-10-22)17-25-21(23-2)24-11-5-12-28-19-8-13-27-16-19/h3-4,6-7,19H,5,8-17H2,1-2H3,(H2,23,24,25). The molecule has 6 nitrogen and oxygen atoms in total. The van der Waals surface area contributed by atoms with Gasteiger partial charge in [-0.05, 0) is 43.7 Å². The van der Waals surface area contributed by atoms with E-state index in [1.165, 1.54) is 11.1 Å². The summed E-state index contributed by atoms with van der Waals surface area (Å²) in [6.07, 6.45) is 4.30. The fourth-order valence-electron chi connectivity index (χ4n) is 4.12. The third kappa shape index (κ3) is 5.69. The summed E-state index contributed by atoms with van der Waals surface area (Å²) >= 11 is 0. The Balaban J connectivity index is 1.48. The van der Waals surface area contributed by atoms with E-state index in [0.717, 1.165) is 77.8 Å². The highest BCUT2D eigenvalue weighted by molar-refractivity contribution is 5.79. The summed E-state index contributed by atoms with van der Waals surface area (Å²) in [5, 5.41) is 6.97. The Morgan fingerprint density at radius 1 is 1.18 bits per heavy atom. The molecule has 0 spiro atoms. The van der Waals surface area contributed by atoms with Crippen molar-refractivity contribution in [2.24, 2.45) is 4.99 Å². The van der Waals surface area contributed by atoms with Crippen LogP contribution in [0.4, 0.5) is 0 Å². The normalized spacial score (nSPS) is 22.2. The molecule has 0 aromatic heterocycles. The number of nitrogens with zero attached hydrogens (tertiary/aromatic N) is 1. The number of benzene rings is 1. The van der Waals surface area contributed by atoms with Crippen LogP contribution in [0.3, 0.4) is 0 Å². The summed E-state index contributed by atoms with van der Waals surface area (Å²) in [5.41, 5.74) is 2.86. The van der Waals surface area contributed by atoms with Gasteiger partial charge < -0.3 is 24.8 Å². The summed E-state index contributed by atoms with van der Waals surface area (Å²) in [6.45, 7) is 7.84. The Morgan fingerprint density at radius 2 is 2.00 bits per heavy atom. The smallest absolute Gasteiger partial charge is 0.191 e. The quantitative estimate of drug-likeness (QED) is 0.406. The molecule has 2 heterocycles. The molecule has 2 saturated heterocycles. The van der Waals surface area contributed by atoms with Gasteiger partial charge in [-0.25, -0.2) is 0 Å². The lowest BCUT2D eigenvalue weighted by Crippen LogP contribution is -2.48. The van der Waals surface area contributed by atoms with E-state index >= 15 is 0 Å². The van der Waals surface area contributed by atoms with Crippen molar-refractivity contribution in [1.82, 2.24) is 10.6 Å². The fraction of sp³-hybridized carbons (Fsp3) is 0.682. The zero-order valence-electron chi connectivity index (χ0n) is 17.3. The average molecular weight is 390 g/mol. The van der Waals surface area contributed by atoms with Gasteiger partial charge in [0.2, 0.25) is 0 Å². The number of nitrogens with one attached hydrogen (secondary N) is 2. The lowest BCUT2D eigenvalue weighted by molar-refractivity contribution is 0.0419. The third-order valence-corrected chi connectivity index (χ3v) is 5.84. The van der Waals surface area contributed by atoms with Crippen molar-refractivity contribution in [3.8, 4) is 0 Å². The van der Waals surface area contributed by atoms with Crippen LogP contribution in [0.25, 0.3) is 0 Å². The highest BCUT2D eigenvalue weighted by Gasteiger charge is 2.35. The summed E-state index contributed by atoms with van der Waals surface area (Å²) < 4.78 is 16.8. The van der Waals surface area contributed by atoms with E-state index < -0.39 is 0 Å². The first-order valence-corrected chi connectivity index (χ1v) is 10.5. The van der Waals surface area contributed by atoms with E-state index in [9.17, 15) is 0 Å². The maximum atomic E-state index is 5.82. The van der Waals surface area contributed by atoms with Gasteiger partial charge in [0, 0.05) is 52.0 Å². The van der Waals surface area contributed by atoms with Crippen molar-refractivity contribution in [3.63, 3.8) is 0 Å². The first kappa shape index (κ1) is 21.1. The van der Waals surface area contributed by atoms with Crippen LogP contribution in [0.2, 0.25) is 0 Å². The number of rotatable bonds is 8. The minimum atomic E-state index is 0.0901. The van der Waals surface area contributed by atoms with Gasteiger partial charge in [0.15, 0.2) is 5.96 Å². The molecule has 6 heteroatoms. The maximum Gasteiger partial charge on any atom is 0.191 e. The van der Waals surface area contributed by atoms with Crippen molar-refractivity contribution in [1.29, 1.82) is 0 Å². The van der Waals surface area contributed by atoms with Gasteiger partial charge in [-0.2, -0.15) is 0 Å². The van der Waals surface area contributed by atoms with Crippen LogP contribution in [-0.2, 0) is 19.6 Å². The monoisotopic (exact) mass is 389 g/mol. The van der Waals surface area contributed by atoms with Crippen molar-refractivity contribution in [2.75, 3.05) is 53.2 Å². The number of hydrogen-bond acceptors (Lipinski definition) is 4. The molecule has 2 aliphatic rings. The van der Waals surface area contributed by atoms with Gasteiger partial charge >= 0.3 is 0 Å². The van der Waals surface area contributed by atoms with E-state index in [0.29, 0.717) is 0 Å². The SMILES string of the molecule is CN=C(NCCCOC1CCOC1)NCC1(c2ccccc2C)CCOCC1. The minimum Gasteiger partial charge on any atom is -0.381 e. The number of ether oxygens (including phenoxy) is 3. The minimum absolute atomic E-state index is 0.0901. The number of guanidine groups is 1. The van der Waals surface area contributed by atoms with E-state index in [4.69, 9.17) is 14.2 Å². The van der Waals surface area contributed by atoms with Gasteiger partial charge in [-0.1, -0.05) is 24.3 Å². The van der Waals surface area contributed by atoms with Crippen LogP contribution < -0.4 is 10.6 Å². The third-order valence-electron chi connectivity index (χ3n) is 5.84. The molecular weight excluding hydrogens is 354 g/mol. The predicted molar refractivity (Wildman–Crippen MR) is 112 cm³/mol. The zero-order valence-corrected chi connectivity index (χ0v) is 17.3. The molecule has 1 unspecified atom stereocenters. The molecule has 1 atom stereocenters. The largest absolute Gasteiger partial charge is 0.381 e. The van der Waals surface area contributed by atoms with Crippen LogP contribution in [0.1, 0.15) is 36.8 Å². The molecule has 28 heavy (non-hydrogen) atoms. The summed E-state index contributed by atoms with van der Waals surface area (Å²) in [5.74, 6) is 0.851. The first-order chi connectivity index (χ1) is 13.7. The summed E-state index contributed by atoms with van der Waals surface area (Å²) in [4.78, 5) is 4.40. The Morgan fingerprint density at radius 3 is 2.71 bits per heavy atom. The average Bonchev–Trinajstić information content (AvgIpc) is 3.24. The molecule has 0 bridgehead atoms. The van der Waals surface area contributed by atoms with Crippen LogP contribution >= 0.6 is 0 Å². The van der Waals surface area contributed by atoms with Crippen LogP contribution in [0.5, 0.6) is 0 Å². The molecule has 0 radical (unpaired) electrons. The summed E-state index contributed by atoms with van der Waals surface area (Å²) in [6, 6.07) is 8.72. The second-order valence-electron chi connectivity index (χ2n) is 7.77. The Kier molecular flexibility index (Phi) is 8.13. The first-order valence-electron chi connectivity index (χ1n) is 10.5. The van der Waals surface area contributed by atoms with Gasteiger partial charge in [-0.3, -0.25) is 4.99 Å². The molecule has 2 aliphatic heterocycles. The Bertz CT molecular complexity index is 623. The fourth-order valence-corrected chi connectivity index (χ4v) is 4.12. The predicted octanol–water partition coefficient (Wildman–Crippen LogP) is 2.40. The highest BCUT2D eigenvalue weighted by atomic mass is 16.5. The molecule has 0 aliphatic carbocycles. The highest BCUT2D eigenvalue weighted by Crippen LogP contribution is 2.36. The van der Waals surface area contributed by atoms with Crippen LogP contribution in [0, 0.1) is 6.92 Å². The van der Waals surface area contributed by atoms with Gasteiger partial charge in [-0.15, -0.1) is 0 Å². The van der Waals surface area contributed by atoms with Gasteiger partial charge in [0.05, 0.1) is 12.7 Å². The molecule has 1 aromatic rings. The second kappa shape index (κ2) is 10.8. The van der Waals surface area contributed by atoms with E-state index in [1.807, 2.05) is 7.05 Å². The zero-order chi connectivity index (χ0) is 19.7. The van der Waals surface area contributed by atoms with Crippen molar-refractivity contribution in [3.05, 3.63) is 35.4 Å². The van der Waals surface area contributed by atoms with E-state index in [2.05, 4.69) is 46.8 Å². The summed E-state index contributed by atoms with van der Waals surface area (Å²) in [7, 11) is 1.83. The van der Waals surface area contributed by atoms with Crippen molar-refractivity contribution >= 4 is 5.96 Å². The van der Waals surface area contributed by atoms with Crippen LogP contribution in [-0.4, -0.2) is 65.2 Å². The van der Waals surface area contributed by atoms with E-state index in [1.54, 1.807) is 0 Å². The number of aliphatic imine (C=N–C) groups is 1. The second-order valence-corrected chi connectivity index (χ2v) is 7.77. The maximum absolute atomic E-state index is 5.82. The van der Waals surface area contributed by atoms with Gasteiger partial charge in [0.25, 0.3) is 0 Å². The molecule has 1 aromatic carbocycles. The number of aryl methyl sites for hydroxylation is 1. The van der Waals surface area contributed by atoms with Crippen molar-refractivity contribution in [2.45, 2.75) is 44.1 Å². The molecule has 156 valence electrons.